The molecule has 4 rings (SSSR count). The predicted octanol–water partition coefficient (Wildman–Crippen LogP) is 2.84. The van der Waals surface area contributed by atoms with E-state index >= 15 is 0 Å². The first kappa shape index (κ1) is 29.0. The molecule has 0 saturated carbocycles. The maximum atomic E-state index is 13.7. The van der Waals surface area contributed by atoms with Gasteiger partial charge >= 0.3 is 51.4 Å². The third-order valence-corrected chi connectivity index (χ3v) is 5.81. The fourth-order valence-electron chi connectivity index (χ4n) is 4.11. The van der Waals surface area contributed by atoms with E-state index in [-0.39, 0.29) is 62.8 Å². The first-order valence-corrected chi connectivity index (χ1v) is 11.6. The zero-order valence-electron chi connectivity index (χ0n) is 21.8. The van der Waals surface area contributed by atoms with Gasteiger partial charge in [0.15, 0.2) is 0 Å². The third-order valence-electron chi connectivity index (χ3n) is 5.81. The van der Waals surface area contributed by atoms with E-state index in [0.29, 0.717) is 24.6 Å². The van der Waals surface area contributed by atoms with Gasteiger partial charge in [0.25, 0.3) is 5.56 Å². The minimum absolute atomic E-state index is 0. The number of hydrogen-bond acceptors (Lipinski definition) is 3. The molecule has 2 aromatic carbocycles. The van der Waals surface area contributed by atoms with Crippen LogP contribution < -0.4 is 56.9 Å². The SMILES string of the molecule is CC.CCN(Cc1cc2cccc(C)c2c(=O)n1-c1ccccc1C)C(=N)c1nc[nH]c1[N-]C.[K+]. The van der Waals surface area contributed by atoms with Crippen LogP contribution in [0.2, 0.25) is 0 Å². The maximum absolute atomic E-state index is 13.7. The zero-order valence-corrected chi connectivity index (χ0v) is 24.9. The molecule has 0 amide bonds. The first-order valence-electron chi connectivity index (χ1n) is 11.6. The van der Waals surface area contributed by atoms with Gasteiger partial charge in [0.05, 0.1) is 17.6 Å². The van der Waals surface area contributed by atoms with Crippen molar-refractivity contribution in [3.05, 3.63) is 93.0 Å². The van der Waals surface area contributed by atoms with Gasteiger partial charge in [-0.25, -0.2) is 0 Å². The van der Waals surface area contributed by atoms with Crippen LogP contribution in [0.4, 0.5) is 5.82 Å². The van der Waals surface area contributed by atoms with E-state index in [1.807, 2.05) is 82.0 Å². The number of para-hydroxylation sites is 1. The Kier molecular flexibility index (Phi) is 10.9. The van der Waals surface area contributed by atoms with Gasteiger partial charge in [-0.1, -0.05) is 57.3 Å². The number of pyridine rings is 1. The number of aromatic amines is 1. The molecule has 2 aromatic heterocycles. The standard InChI is InChI=1S/C25H27N6O.C2H6.K/c1-5-30(23(26)22-24(27-4)29-15-28-22)14-19-13-18-11-8-10-17(3)21(18)25(32)31(19)20-12-7-6-9-16(20)2;1-2;/h6-13,15H,5,14H2,1-4H3,(H2-,26,27,28,29);1-2H3;/q-1;;+1. The molecule has 4 aromatic rings. The van der Waals surface area contributed by atoms with E-state index in [4.69, 9.17) is 5.41 Å². The number of rotatable bonds is 6. The van der Waals surface area contributed by atoms with Crippen molar-refractivity contribution < 1.29 is 51.4 Å². The Morgan fingerprint density at radius 2 is 1.80 bits per heavy atom. The van der Waals surface area contributed by atoms with Crippen molar-refractivity contribution in [2.45, 2.75) is 41.2 Å². The molecule has 0 saturated heterocycles. The molecule has 7 nitrogen and oxygen atoms in total. The Balaban J connectivity index is 0.00000140. The largest absolute Gasteiger partial charge is 1.00 e. The van der Waals surface area contributed by atoms with Crippen LogP contribution in [-0.2, 0) is 6.54 Å². The van der Waals surface area contributed by atoms with Crippen molar-refractivity contribution in [1.82, 2.24) is 19.4 Å². The Morgan fingerprint density at radius 3 is 2.46 bits per heavy atom. The number of nitrogens with zero attached hydrogens (tertiary/aromatic N) is 4. The number of fused-ring (bicyclic) bond motifs is 1. The summed E-state index contributed by atoms with van der Waals surface area (Å²) in [7, 11) is 1.67. The Hall–Kier alpha value is -2.23. The summed E-state index contributed by atoms with van der Waals surface area (Å²) in [6.45, 7) is 10.9. The molecule has 2 N–H and O–H groups in total. The number of hydrogen-bond donors (Lipinski definition) is 2. The average molecular weight is 497 g/mol. The number of amidine groups is 1. The quantitative estimate of drug-likeness (QED) is 0.244. The number of aromatic nitrogens is 3. The van der Waals surface area contributed by atoms with Crippen molar-refractivity contribution in [2.75, 3.05) is 13.6 Å². The summed E-state index contributed by atoms with van der Waals surface area (Å²) in [6.07, 6.45) is 1.54. The molecule has 0 fully saturated rings. The van der Waals surface area contributed by atoms with Crippen LogP contribution in [0.1, 0.15) is 43.3 Å². The van der Waals surface area contributed by atoms with Crippen LogP contribution in [0.5, 0.6) is 0 Å². The van der Waals surface area contributed by atoms with Gasteiger partial charge in [0.2, 0.25) is 0 Å². The summed E-state index contributed by atoms with van der Waals surface area (Å²) in [6, 6.07) is 15.8. The van der Waals surface area contributed by atoms with Crippen molar-refractivity contribution in [1.29, 1.82) is 5.41 Å². The molecule has 0 aliphatic heterocycles. The molecular weight excluding hydrogens is 463 g/mol. The van der Waals surface area contributed by atoms with Gasteiger partial charge in [-0.2, -0.15) is 0 Å². The van der Waals surface area contributed by atoms with Gasteiger partial charge in [0.1, 0.15) is 11.5 Å². The molecule has 2 heterocycles. The third kappa shape index (κ3) is 5.95. The maximum Gasteiger partial charge on any atom is 1.00 e. The molecule has 0 bridgehead atoms. The van der Waals surface area contributed by atoms with Crippen LogP contribution in [0.15, 0.2) is 59.7 Å². The van der Waals surface area contributed by atoms with Crippen LogP contribution in [0.3, 0.4) is 0 Å². The van der Waals surface area contributed by atoms with E-state index in [0.717, 1.165) is 33.3 Å². The van der Waals surface area contributed by atoms with E-state index in [1.165, 1.54) is 0 Å². The molecule has 8 heteroatoms. The smallest absolute Gasteiger partial charge is 0.467 e. The number of H-pyrrole nitrogens is 1. The van der Waals surface area contributed by atoms with Crippen LogP contribution in [0, 0.1) is 19.3 Å². The van der Waals surface area contributed by atoms with E-state index in [1.54, 1.807) is 17.9 Å². The molecule has 35 heavy (non-hydrogen) atoms. The van der Waals surface area contributed by atoms with Crippen molar-refractivity contribution in [3.8, 4) is 5.69 Å². The predicted molar refractivity (Wildman–Crippen MR) is 141 cm³/mol. The second kappa shape index (κ2) is 13.2. The summed E-state index contributed by atoms with van der Waals surface area (Å²) in [5.74, 6) is 0.835. The summed E-state index contributed by atoms with van der Waals surface area (Å²) < 4.78 is 1.79. The molecule has 0 spiro atoms. The van der Waals surface area contributed by atoms with Crippen LogP contribution in [0.25, 0.3) is 21.8 Å². The second-order valence-corrected chi connectivity index (χ2v) is 7.79. The van der Waals surface area contributed by atoms with E-state index < -0.39 is 0 Å². The summed E-state index contributed by atoms with van der Waals surface area (Å²) in [5, 5.41) is 14.6. The number of imidazole rings is 1. The number of benzene rings is 2. The zero-order chi connectivity index (χ0) is 24.8. The monoisotopic (exact) mass is 496 g/mol. The van der Waals surface area contributed by atoms with Crippen molar-refractivity contribution >= 4 is 22.4 Å². The minimum Gasteiger partial charge on any atom is -0.467 e. The number of aryl methyl sites for hydroxylation is 2. The summed E-state index contributed by atoms with van der Waals surface area (Å²) in [5.41, 5.74) is 4.09. The van der Waals surface area contributed by atoms with Gasteiger partial charge < -0.3 is 15.2 Å². The van der Waals surface area contributed by atoms with Crippen molar-refractivity contribution in [2.24, 2.45) is 0 Å². The Labute approximate surface area is 249 Å². The average Bonchev–Trinajstić information content (AvgIpc) is 3.33. The Bertz CT molecular complexity index is 1360. The molecule has 0 radical (unpaired) electrons. The fourth-order valence-corrected chi connectivity index (χ4v) is 4.11. The normalized spacial score (nSPS) is 10.2. The van der Waals surface area contributed by atoms with Crippen LogP contribution in [-0.4, -0.2) is 38.9 Å². The van der Waals surface area contributed by atoms with Gasteiger partial charge in [-0.15, -0.1) is 0 Å². The molecule has 0 aliphatic rings. The molecule has 0 atom stereocenters. The van der Waals surface area contributed by atoms with Gasteiger partial charge in [-0.05, 0) is 55.2 Å². The topological polar surface area (TPSA) is 91.9 Å². The van der Waals surface area contributed by atoms with Gasteiger partial charge in [-0.3, -0.25) is 19.8 Å². The number of nitrogens with one attached hydrogen (secondary N) is 2. The minimum atomic E-state index is -0.0449. The van der Waals surface area contributed by atoms with Gasteiger partial charge in [0, 0.05) is 18.6 Å². The second-order valence-electron chi connectivity index (χ2n) is 7.79. The van der Waals surface area contributed by atoms with Crippen LogP contribution >= 0.6 is 0 Å². The van der Waals surface area contributed by atoms with Crippen molar-refractivity contribution in [3.63, 3.8) is 0 Å². The molecule has 0 aliphatic carbocycles. The molecular formula is C27H33KN6O. The van der Waals surface area contributed by atoms with E-state index in [2.05, 4.69) is 21.4 Å². The molecule has 178 valence electrons. The first-order chi connectivity index (χ1) is 16.5. The summed E-state index contributed by atoms with van der Waals surface area (Å²) in [4.78, 5) is 22.9. The summed E-state index contributed by atoms with van der Waals surface area (Å²) >= 11 is 0. The molecule has 0 unspecified atom stereocenters. The fraction of sp³-hybridized carbons (Fsp3) is 0.296. The van der Waals surface area contributed by atoms with E-state index in [9.17, 15) is 4.79 Å². The Morgan fingerprint density at radius 1 is 1.11 bits per heavy atom.